The number of pyridine rings is 2. The highest BCUT2D eigenvalue weighted by atomic mass is 16.2. The molecule has 27 heavy (non-hydrogen) atoms. The molecule has 2 aliphatic carbocycles. The van der Waals surface area contributed by atoms with E-state index in [2.05, 4.69) is 21.4 Å². The van der Waals surface area contributed by atoms with Gasteiger partial charge >= 0.3 is 0 Å². The lowest BCUT2D eigenvalue weighted by Crippen LogP contribution is -2.37. The molecule has 2 aliphatic rings. The molecule has 6 heteroatoms. The van der Waals surface area contributed by atoms with Crippen LogP contribution in [0, 0.1) is 5.92 Å². The Morgan fingerprint density at radius 3 is 2.81 bits per heavy atom. The summed E-state index contributed by atoms with van der Waals surface area (Å²) < 4.78 is 0. The van der Waals surface area contributed by atoms with Crippen molar-refractivity contribution in [3.63, 3.8) is 0 Å². The smallest absolute Gasteiger partial charge is 0.254 e. The Morgan fingerprint density at radius 2 is 2.04 bits per heavy atom. The van der Waals surface area contributed by atoms with E-state index in [-0.39, 0.29) is 23.8 Å². The maximum absolute atomic E-state index is 13.2. The summed E-state index contributed by atoms with van der Waals surface area (Å²) in [6.07, 6.45) is 8.22. The van der Waals surface area contributed by atoms with Gasteiger partial charge in [-0.1, -0.05) is 6.07 Å². The molecule has 1 unspecified atom stereocenters. The predicted molar refractivity (Wildman–Crippen MR) is 102 cm³/mol. The van der Waals surface area contributed by atoms with Gasteiger partial charge in [-0.15, -0.1) is 0 Å². The second-order valence-corrected chi connectivity index (χ2v) is 7.24. The Kier molecular flexibility index (Phi) is 4.88. The van der Waals surface area contributed by atoms with Crippen LogP contribution in [0.2, 0.25) is 0 Å². The third kappa shape index (κ3) is 3.70. The molecule has 2 aromatic rings. The van der Waals surface area contributed by atoms with Crippen LogP contribution in [0.3, 0.4) is 0 Å². The van der Waals surface area contributed by atoms with Crippen LogP contribution < -0.4 is 5.32 Å². The van der Waals surface area contributed by atoms with Gasteiger partial charge in [-0.25, -0.2) is 4.98 Å². The Hall–Kier alpha value is -2.76. The van der Waals surface area contributed by atoms with E-state index >= 15 is 0 Å². The summed E-state index contributed by atoms with van der Waals surface area (Å²) in [5.41, 5.74) is 2.78. The summed E-state index contributed by atoms with van der Waals surface area (Å²) in [6, 6.07) is 7.43. The van der Waals surface area contributed by atoms with E-state index in [1.54, 1.807) is 24.5 Å². The van der Waals surface area contributed by atoms with Gasteiger partial charge in [-0.3, -0.25) is 14.6 Å². The van der Waals surface area contributed by atoms with E-state index in [1.807, 2.05) is 17.9 Å². The lowest BCUT2D eigenvalue weighted by Gasteiger charge is -2.34. The first-order valence-electron chi connectivity index (χ1n) is 9.69. The van der Waals surface area contributed by atoms with Crippen LogP contribution in [0.5, 0.6) is 0 Å². The molecular formula is C21H24N4O2. The Labute approximate surface area is 159 Å². The molecule has 0 aliphatic heterocycles. The van der Waals surface area contributed by atoms with Crippen LogP contribution in [-0.4, -0.2) is 33.2 Å². The Balaban J connectivity index is 1.57. The number of nitrogens with one attached hydrogen (secondary N) is 1. The predicted octanol–water partition coefficient (Wildman–Crippen LogP) is 3.36. The molecule has 2 amide bonds. The van der Waals surface area contributed by atoms with E-state index in [0.29, 0.717) is 17.9 Å². The molecule has 1 atom stereocenters. The van der Waals surface area contributed by atoms with Crippen molar-refractivity contribution in [3.8, 4) is 0 Å². The molecule has 4 rings (SSSR count). The van der Waals surface area contributed by atoms with Crippen molar-refractivity contribution in [2.75, 3.05) is 11.9 Å². The fourth-order valence-electron chi connectivity index (χ4n) is 3.77. The molecular weight excluding hydrogens is 340 g/mol. The first-order valence-corrected chi connectivity index (χ1v) is 9.69. The van der Waals surface area contributed by atoms with Crippen molar-refractivity contribution < 1.29 is 9.59 Å². The van der Waals surface area contributed by atoms with Crippen molar-refractivity contribution in [2.45, 2.75) is 45.1 Å². The third-order valence-corrected chi connectivity index (χ3v) is 5.35. The van der Waals surface area contributed by atoms with Gasteiger partial charge in [0.2, 0.25) is 5.91 Å². The number of rotatable bonds is 5. The topological polar surface area (TPSA) is 75.2 Å². The standard InChI is InChI=1S/C21H24N4O2/c1-2-25(17-7-3-5-14-6-4-11-23-19(14)17)21(27)16-10-12-22-18(13-16)24-20(26)15-8-9-15/h4,6,10-13,15,17H,2-3,5,7-9H2,1H3,(H,22,24,26). The first kappa shape index (κ1) is 17.6. The van der Waals surface area contributed by atoms with E-state index < -0.39 is 0 Å². The van der Waals surface area contributed by atoms with E-state index in [4.69, 9.17) is 0 Å². The minimum Gasteiger partial charge on any atom is -0.330 e. The van der Waals surface area contributed by atoms with Gasteiger partial charge < -0.3 is 10.2 Å². The molecule has 0 saturated heterocycles. The first-order chi connectivity index (χ1) is 13.2. The summed E-state index contributed by atoms with van der Waals surface area (Å²) in [7, 11) is 0. The summed E-state index contributed by atoms with van der Waals surface area (Å²) in [6.45, 7) is 2.59. The fourth-order valence-corrected chi connectivity index (χ4v) is 3.77. The SMILES string of the molecule is CCN(C(=O)c1ccnc(NC(=O)C2CC2)c1)C1CCCc2cccnc21. The highest BCUT2D eigenvalue weighted by molar-refractivity contribution is 5.97. The number of aromatic nitrogens is 2. The second kappa shape index (κ2) is 7.47. The molecule has 6 nitrogen and oxygen atoms in total. The summed E-state index contributed by atoms with van der Waals surface area (Å²) in [5.74, 6) is 0.481. The van der Waals surface area contributed by atoms with Crippen molar-refractivity contribution in [1.82, 2.24) is 14.9 Å². The van der Waals surface area contributed by atoms with Crippen molar-refractivity contribution in [1.29, 1.82) is 0 Å². The number of aryl methyl sites for hydroxylation is 1. The van der Waals surface area contributed by atoms with Crippen LogP contribution in [-0.2, 0) is 11.2 Å². The number of fused-ring (bicyclic) bond motifs is 1. The Bertz CT molecular complexity index is 863. The van der Waals surface area contributed by atoms with Gasteiger partial charge in [-0.2, -0.15) is 0 Å². The van der Waals surface area contributed by atoms with Crippen LogP contribution in [0.1, 0.15) is 60.3 Å². The minimum absolute atomic E-state index is 0.00915. The van der Waals surface area contributed by atoms with E-state index in [9.17, 15) is 9.59 Å². The third-order valence-electron chi connectivity index (χ3n) is 5.35. The van der Waals surface area contributed by atoms with Gasteiger partial charge in [0.25, 0.3) is 5.91 Å². The average Bonchev–Trinajstić information content (AvgIpc) is 3.54. The van der Waals surface area contributed by atoms with Crippen molar-refractivity contribution >= 4 is 17.6 Å². The van der Waals surface area contributed by atoms with Gasteiger partial charge in [0, 0.05) is 30.4 Å². The highest BCUT2D eigenvalue weighted by Gasteiger charge is 2.31. The summed E-state index contributed by atoms with van der Waals surface area (Å²) in [5, 5.41) is 2.82. The highest BCUT2D eigenvalue weighted by Crippen LogP contribution is 2.34. The number of anilines is 1. The second-order valence-electron chi connectivity index (χ2n) is 7.24. The van der Waals surface area contributed by atoms with E-state index in [0.717, 1.165) is 37.8 Å². The number of hydrogen-bond acceptors (Lipinski definition) is 4. The van der Waals surface area contributed by atoms with E-state index in [1.165, 1.54) is 5.56 Å². The van der Waals surface area contributed by atoms with Crippen molar-refractivity contribution in [2.24, 2.45) is 5.92 Å². The molecule has 0 radical (unpaired) electrons. The zero-order chi connectivity index (χ0) is 18.8. The summed E-state index contributed by atoms with van der Waals surface area (Å²) >= 11 is 0. The molecule has 0 bridgehead atoms. The quantitative estimate of drug-likeness (QED) is 0.883. The number of hydrogen-bond donors (Lipinski definition) is 1. The van der Waals surface area contributed by atoms with Gasteiger partial charge in [0.1, 0.15) is 5.82 Å². The molecule has 1 fully saturated rings. The molecule has 2 heterocycles. The zero-order valence-electron chi connectivity index (χ0n) is 15.5. The normalized spacial score (nSPS) is 18.5. The Morgan fingerprint density at radius 1 is 1.19 bits per heavy atom. The largest absolute Gasteiger partial charge is 0.330 e. The van der Waals surface area contributed by atoms with Gasteiger partial charge in [-0.05, 0) is 62.8 Å². The van der Waals surface area contributed by atoms with Crippen LogP contribution in [0.25, 0.3) is 0 Å². The maximum atomic E-state index is 13.2. The number of nitrogens with zero attached hydrogens (tertiary/aromatic N) is 3. The number of carbonyl (C=O) groups excluding carboxylic acids is 2. The molecule has 0 spiro atoms. The molecule has 2 aromatic heterocycles. The van der Waals surface area contributed by atoms with Crippen LogP contribution in [0.15, 0.2) is 36.7 Å². The molecule has 1 saturated carbocycles. The maximum Gasteiger partial charge on any atom is 0.254 e. The van der Waals surface area contributed by atoms with Crippen LogP contribution >= 0.6 is 0 Å². The lowest BCUT2D eigenvalue weighted by molar-refractivity contribution is -0.117. The lowest BCUT2D eigenvalue weighted by atomic mass is 9.90. The zero-order valence-corrected chi connectivity index (χ0v) is 15.5. The average molecular weight is 364 g/mol. The fraction of sp³-hybridized carbons (Fsp3) is 0.429. The molecule has 140 valence electrons. The van der Waals surface area contributed by atoms with Crippen molar-refractivity contribution in [3.05, 3.63) is 53.5 Å². The minimum atomic E-state index is -0.0506. The molecule has 1 N–H and O–H groups in total. The number of amides is 2. The monoisotopic (exact) mass is 364 g/mol. The van der Waals surface area contributed by atoms with Gasteiger partial charge in [0.15, 0.2) is 0 Å². The molecule has 0 aromatic carbocycles. The summed E-state index contributed by atoms with van der Waals surface area (Å²) in [4.78, 5) is 35.8. The number of carbonyl (C=O) groups is 2. The van der Waals surface area contributed by atoms with Crippen LogP contribution in [0.4, 0.5) is 5.82 Å². The van der Waals surface area contributed by atoms with Gasteiger partial charge in [0.05, 0.1) is 11.7 Å².